The van der Waals surface area contributed by atoms with Crippen LogP contribution in [-0.4, -0.2) is 91.2 Å². The van der Waals surface area contributed by atoms with Crippen molar-refractivity contribution < 1.29 is 14.3 Å². The van der Waals surface area contributed by atoms with E-state index in [0.717, 1.165) is 23.4 Å². The molecular weight excluding hydrogens is 525 g/mol. The molecule has 10 heteroatoms. The molecule has 208 valence electrons. The number of pyridine rings is 1. The van der Waals surface area contributed by atoms with E-state index in [1.54, 1.807) is 0 Å². The second-order valence-corrected chi connectivity index (χ2v) is 10.9. The van der Waals surface area contributed by atoms with Crippen LogP contribution in [0.3, 0.4) is 0 Å². The summed E-state index contributed by atoms with van der Waals surface area (Å²) >= 11 is 0. The van der Waals surface area contributed by atoms with Gasteiger partial charge >= 0.3 is 0 Å². The quantitative estimate of drug-likeness (QED) is 0.602. The monoisotopic (exact) mass is 563 g/mol. The third-order valence-electron chi connectivity index (χ3n) is 7.52. The molecule has 8 nitrogen and oxygen atoms in total. The van der Waals surface area contributed by atoms with Gasteiger partial charge in [0.05, 0.1) is 31.1 Å². The maximum Gasteiger partial charge on any atom is 0.241 e. The Kier molecular flexibility index (Phi) is 10.2. The number of halogens is 2. The highest BCUT2D eigenvalue weighted by molar-refractivity contribution is 5.97. The number of hydrogen-bond donors (Lipinski definition) is 1. The number of rotatable bonds is 5. The fourth-order valence-electron chi connectivity index (χ4n) is 5.59. The molecule has 5 rings (SSSR count). The van der Waals surface area contributed by atoms with Gasteiger partial charge in [-0.05, 0) is 30.5 Å². The Morgan fingerprint density at radius 3 is 2.53 bits per heavy atom. The average molecular weight is 565 g/mol. The minimum Gasteiger partial charge on any atom is -0.378 e. The highest BCUT2D eigenvalue weighted by atomic mass is 35.5. The summed E-state index contributed by atoms with van der Waals surface area (Å²) < 4.78 is 5.42. The first-order chi connectivity index (χ1) is 17.3. The molecule has 2 saturated heterocycles. The second-order valence-electron chi connectivity index (χ2n) is 10.9. The van der Waals surface area contributed by atoms with Crippen molar-refractivity contribution in [2.24, 2.45) is 0 Å². The van der Waals surface area contributed by atoms with Crippen molar-refractivity contribution in [1.82, 2.24) is 20.1 Å². The first-order valence-electron chi connectivity index (χ1n) is 13.0. The number of aromatic nitrogens is 1. The standard InChI is InChI=1S/C28H37N5O3.2ClH/c1-20-17-32(24(16-29-20)27(35)31-9-11-36-12-10-31)18-25(34)33-19-28(2,3)26-23(33)14-22(15-30-26)13-21-7-5-4-6-8-21;;/h4-8,14-15,20,24,29H,9-13,16-19H2,1-3H3;2*1H/t20-,24-;;/m1../s1. The van der Waals surface area contributed by atoms with Gasteiger partial charge in [-0.1, -0.05) is 44.2 Å². The molecule has 0 saturated carbocycles. The fraction of sp³-hybridized carbons (Fsp3) is 0.536. The van der Waals surface area contributed by atoms with Crippen molar-refractivity contribution in [1.29, 1.82) is 0 Å². The third kappa shape index (κ3) is 6.49. The van der Waals surface area contributed by atoms with E-state index in [1.807, 2.05) is 34.2 Å². The molecule has 3 aliphatic rings. The van der Waals surface area contributed by atoms with E-state index in [-0.39, 0.29) is 60.7 Å². The van der Waals surface area contributed by atoms with Gasteiger partial charge in [-0.2, -0.15) is 0 Å². The van der Waals surface area contributed by atoms with Crippen molar-refractivity contribution in [3.8, 4) is 0 Å². The molecule has 1 aromatic carbocycles. The Balaban J connectivity index is 0.00000200. The van der Waals surface area contributed by atoms with Crippen molar-refractivity contribution >= 4 is 42.3 Å². The van der Waals surface area contributed by atoms with E-state index in [4.69, 9.17) is 9.72 Å². The maximum atomic E-state index is 13.8. The van der Waals surface area contributed by atoms with Crippen LogP contribution in [0.4, 0.5) is 5.69 Å². The smallest absolute Gasteiger partial charge is 0.241 e. The molecule has 0 radical (unpaired) electrons. The zero-order chi connectivity index (χ0) is 25.3. The normalized spacial score (nSPS) is 22.7. The molecule has 0 spiro atoms. The lowest BCUT2D eigenvalue weighted by Gasteiger charge is -2.41. The van der Waals surface area contributed by atoms with Gasteiger partial charge in [-0.3, -0.25) is 19.5 Å². The highest BCUT2D eigenvalue weighted by Crippen LogP contribution is 2.39. The van der Waals surface area contributed by atoms with Crippen LogP contribution < -0.4 is 10.2 Å². The lowest BCUT2D eigenvalue weighted by Crippen LogP contribution is -2.63. The third-order valence-corrected chi connectivity index (χ3v) is 7.52. The van der Waals surface area contributed by atoms with E-state index >= 15 is 0 Å². The summed E-state index contributed by atoms with van der Waals surface area (Å²) in [6, 6.07) is 12.3. The number of morpholine rings is 1. The number of carbonyl (C=O) groups is 2. The van der Waals surface area contributed by atoms with Crippen LogP contribution in [0, 0.1) is 0 Å². The number of carbonyl (C=O) groups excluding carboxylic acids is 2. The van der Waals surface area contributed by atoms with Gasteiger partial charge in [-0.25, -0.2) is 0 Å². The highest BCUT2D eigenvalue weighted by Gasteiger charge is 2.42. The Morgan fingerprint density at radius 1 is 1.11 bits per heavy atom. The van der Waals surface area contributed by atoms with E-state index in [0.29, 0.717) is 45.9 Å². The summed E-state index contributed by atoms with van der Waals surface area (Å²) in [6.45, 7) is 10.7. The Hall–Kier alpha value is -2.23. The van der Waals surface area contributed by atoms with Crippen molar-refractivity contribution in [3.05, 3.63) is 59.4 Å². The number of benzene rings is 1. The maximum absolute atomic E-state index is 13.8. The molecule has 0 bridgehead atoms. The zero-order valence-corrected chi connectivity index (χ0v) is 24.0. The summed E-state index contributed by atoms with van der Waals surface area (Å²) in [4.78, 5) is 37.8. The van der Waals surface area contributed by atoms with Crippen LogP contribution in [0.2, 0.25) is 0 Å². The SMILES string of the molecule is C[C@@H]1CN(CC(=O)N2CC(C)(C)c3ncc(Cc4ccccc4)cc32)[C@@H](C(=O)N2CCOCC2)CN1.Cl.Cl. The van der Waals surface area contributed by atoms with E-state index in [2.05, 4.69) is 49.2 Å². The van der Waals surface area contributed by atoms with Gasteiger partial charge in [0, 0.05) is 50.4 Å². The first kappa shape index (κ1) is 30.3. The van der Waals surface area contributed by atoms with E-state index in [9.17, 15) is 9.59 Å². The number of nitrogens with one attached hydrogen (secondary N) is 1. The summed E-state index contributed by atoms with van der Waals surface area (Å²) in [6.07, 6.45) is 2.71. The zero-order valence-electron chi connectivity index (χ0n) is 22.4. The van der Waals surface area contributed by atoms with Gasteiger partial charge in [0.15, 0.2) is 0 Å². The van der Waals surface area contributed by atoms with Gasteiger partial charge in [0.2, 0.25) is 11.8 Å². The number of piperazine rings is 1. The largest absolute Gasteiger partial charge is 0.378 e. The van der Waals surface area contributed by atoms with E-state index < -0.39 is 0 Å². The summed E-state index contributed by atoms with van der Waals surface area (Å²) in [5.74, 6) is 0.105. The van der Waals surface area contributed by atoms with Gasteiger partial charge in [-0.15, -0.1) is 24.8 Å². The lowest BCUT2D eigenvalue weighted by molar-refractivity contribution is -0.142. The van der Waals surface area contributed by atoms with Crippen LogP contribution in [0.5, 0.6) is 0 Å². The van der Waals surface area contributed by atoms with Crippen LogP contribution in [0.25, 0.3) is 0 Å². The first-order valence-corrected chi connectivity index (χ1v) is 13.0. The molecule has 2 atom stereocenters. The molecule has 4 heterocycles. The van der Waals surface area contributed by atoms with Crippen LogP contribution in [0.15, 0.2) is 42.6 Å². The van der Waals surface area contributed by atoms with Crippen molar-refractivity contribution in [2.75, 3.05) is 57.4 Å². The number of nitrogens with zero attached hydrogens (tertiary/aromatic N) is 4. The molecule has 0 aliphatic carbocycles. The molecule has 3 aliphatic heterocycles. The van der Waals surface area contributed by atoms with Gasteiger partial charge < -0.3 is 19.9 Å². The minimum absolute atomic E-state index is 0. The molecule has 2 fully saturated rings. The number of ether oxygens (including phenoxy) is 1. The topological polar surface area (TPSA) is 78.0 Å². The second kappa shape index (κ2) is 12.7. The van der Waals surface area contributed by atoms with E-state index in [1.165, 1.54) is 5.56 Å². The molecule has 1 N–H and O–H groups in total. The molecule has 2 aromatic rings. The Labute approximate surface area is 237 Å². The molecule has 0 unspecified atom stereocenters. The molecule has 1 aromatic heterocycles. The summed E-state index contributed by atoms with van der Waals surface area (Å²) in [5.41, 5.74) is 3.94. The number of fused-ring (bicyclic) bond motifs is 1. The fourth-order valence-corrected chi connectivity index (χ4v) is 5.59. The Bertz CT molecular complexity index is 1110. The number of hydrogen-bond acceptors (Lipinski definition) is 6. The predicted molar refractivity (Wildman–Crippen MR) is 154 cm³/mol. The number of amides is 2. The summed E-state index contributed by atoms with van der Waals surface area (Å²) in [7, 11) is 0. The Morgan fingerprint density at radius 2 is 1.82 bits per heavy atom. The molecule has 2 amide bonds. The summed E-state index contributed by atoms with van der Waals surface area (Å²) in [5, 5.41) is 3.43. The van der Waals surface area contributed by atoms with Crippen molar-refractivity contribution in [2.45, 2.75) is 44.7 Å². The van der Waals surface area contributed by atoms with Crippen LogP contribution in [0.1, 0.15) is 37.6 Å². The van der Waals surface area contributed by atoms with Crippen LogP contribution in [-0.2, 0) is 26.2 Å². The van der Waals surface area contributed by atoms with Crippen LogP contribution >= 0.6 is 24.8 Å². The molecule has 38 heavy (non-hydrogen) atoms. The van der Waals surface area contributed by atoms with Gasteiger partial charge in [0.1, 0.15) is 6.04 Å². The van der Waals surface area contributed by atoms with Crippen molar-refractivity contribution in [3.63, 3.8) is 0 Å². The minimum atomic E-state index is -0.346. The average Bonchev–Trinajstić information content (AvgIpc) is 3.15. The predicted octanol–water partition coefficient (Wildman–Crippen LogP) is 2.66. The number of anilines is 1. The lowest BCUT2D eigenvalue weighted by atomic mass is 9.91. The molecular formula is C28H39Cl2N5O3. The van der Waals surface area contributed by atoms with Gasteiger partial charge in [0.25, 0.3) is 0 Å².